The molecule has 2 N–H and O–H groups in total. The molecule has 0 spiro atoms. The molecule has 0 saturated heterocycles. The summed E-state index contributed by atoms with van der Waals surface area (Å²) in [7, 11) is 1.88. The van der Waals surface area contributed by atoms with Gasteiger partial charge in [-0.25, -0.2) is 0 Å². The fraction of sp³-hybridized carbons (Fsp3) is 0.562. The van der Waals surface area contributed by atoms with Gasteiger partial charge < -0.3 is 15.4 Å². The number of halogens is 1. The van der Waals surface area contributed by atoms with E-state index >= 15 is 0 Å². The lowest BCUT2D eigenvalue weighted by molar-refractivity contribution is -0.123. The highest BCUT2D eigenvalue weighted by Crippen LogP contribution is 2.28. The van der Waals surface area contributed by atoms with Crippen LogP contribution >= 0.6 is 11.6 Å². The van der Waals surface area contributed by atoms with E-state index in [0.29, 0.717) is 16.8 Å². The highest BCUT2D eigenvalue weighted by molar-refractivity contribution is 6.30. The molecule has 1 aromatic carbocycles. The summed E-state index contributed by atoms with van der Waals surface area (Å²) in [5.74, 6) is 0.641. The lowest BCUT2D eigenvalue weighted by Crippen LogP contribution is -2.36. The number of benzene rings is 1. The van der Waals surface area contributed by atoms with Gasteiger partial charge in [-0.15, -0.1) is 0 Å². The maximum absolute atomic E-state index is 11.9. The lowest BCUT2D eigenvalue weighted by Gasteiger charge is -2.17. The molecule has 2 rings (SSSR count). The van der Waals surface area contributed by atoms with E-state index in [1.165, 1.54) is 12.8 Å². The zero-order valence-corrected chi connectivity index (χ0v) is 13.4. The van der Waals surface area contributed by atoms with Crippen LogP contribution in [0.2, 0.25) is 5.02 Å². The van der Waals surface area contributed by atoms with Crippen molar-refractivity contribution in [1.82, 2.24) is 10.6 Å². The fourth-order valence-corrected chi connectivity index (χ4v) is 2.81. The maximum Gasteiger partial charge on any atom is 0.258 e. The van der Waals surface area contributed by atoms with E-state index in [2.05, 4.69) is 10.6 Å². The molecule has 1 amide bonds. The quantitative estimate of drug-likeness (QED) is 0.849. The van der Waals surface area contributed by atoms with Crippen LogP contribution in [0.15, 0.2) is 18.2 Å². The summed E-state index contributed by atoms with van der Waals surface area (Å²) in [6.45, 7) is 2.07. The molecule has 1 fully saturated rings. The summed E-state index contributed by atoms with van der Waals surface area (Å²) in [6, 6.07) is 5.89. The average molecular weight is 311 g/mol. The molecular formula is C16H23ClN2O2. The number of amides is 1. The van der Waals surface area contributed by atoms with Crippen molar-refractivity contribution in [3.05, 3.63) is 28.8 Å². The summed E-state index contributed by atoms with van der Waals surface area (Å²) in [5.41, 5.74) is 0.957. The van der Waals surface area contributed by atoms with Gasteiger partial charge in [0, 0.05) is 22.7 Å². The van der Waals surface area contributed by atoms with Gasteiger partial charge in [-0.1, -0.05) is 24.4 Å². The largest absolute Gasteiger partial charge is 0.483 e. The molecular weight excluding hydrogens is 288 g/mol. The molecule has 0 bridgehead atoms. The molecule has 5 heteroatoms. The fourth-order valence-electron chi connectivity index (χ4n) is 2.63. The van der Waals surface area contributed by atoms with Crippen LogP contribution in [0, 0.1) is 0 Å². The molecule has 1 aliphatic carbocycles. The first kappa shape index (κ1) is 16.1. The Hall–Kier alpha value is -1.26. The number of hydrogen-bond donors (Lipinski definition) is 2. The summed E-state index contributed by atoms with van der Waals surface area (Å²) >= 11 is 6.03. The number of carbonyl (C=O) groups excluding carboxylic acids is 1. The molecule has 116 valence electrons. The summed E-state index contributed by atoms with van der Waals surface area (Å²) in [4.78, 5) is 11.9. The van der Waals surface area contributed by atoms with Crippen molar-refractivity contribution < 1.29 is 9.53 Å². The Morgan fingerprint density at radius 3 is 2.81 bits per heavy atom. The van der Waals surface area contributed by atoms with Crippen LogP contribution in [0.25, 0.3) is 0 Å². The van der Waals surface area contributed by atoms with Crippen LogP contribution in [0.5, 0.6) is 5.75 Å². The monoisotopic (exact) mass is 310 g/mol. The Balaban J connectivity index is 1.94. The zero-order valence-electron chi connectivity index (χ0n) is 12.6. The van der Waals surface area contributed by atoms with E-state index in [-0.39, 0.29) is 18.6 Å². The standard InChI is InChI=1S/C16H23ClN2O2/c1-11(18-2)14-9-12(17)7-8-15(14)21-10-16(20)19-13-5-3-4-6-13/h7-9,11,13,18H,3-6,10H2,1-2H3,(H,19,20). The van der Waals surface area contributed by atoms with Crippen molar-refractivity contribution in [3.8, 4) is 5.75 Å². The third kappa shape index (κ3) is 4.61. The van der Waals surface area contributed by atoms with E-state index in [1.807, 2.05) is 26.1 Å². The first-order valence-electron chi connectivity index (χ1n) is 7.49. The van der Waals surface area contributed by atoms with Crippen LogP contribution in [-0.2, 0) is 4.79 Å². The van der Waals surface area contributed by atoms with Crippen molar-refractivity contribution >= 4 is 17.5 Å². The molecule has 1 saturated carbocycles. The minimum atomic E-state index is -0.0556. The van der Waals surface area contributed by atoms with Gasteiger partial charge in [0.05, 0.1) is 0 Å². The second kappa shape index (κ2) is 7.66. The van der Waals surface area contributed by atoms with Gasteiger partial charge in [0.25, 0.3) is 5.91 Å². The number of nitrogens with one attached hydrogen (secondary N) is 2. The van der Waals surface area contributed by atoms with Gasteiger partial charge in [-0.3, -0.25) is 4.79 Å². The molecule has 4 nitrogen and oxygen atoms in total. The number of rotatable bonds is 6. The lowest BCUT2D eigenvalue weighted by atomic mass is 10.1. The predicted octanol–water partition coefficient (Wildman–Crippen LogP) is 3.06. The van der Waals surface area contributed by atoms with Crippen molar-refractivity contribution in [2.24, 2.45) is 0 Å². The minimum absolute atomic E-state index is 0.0432. The summed E-state index contributed by atoms with van der Waals surface area (Å²) < 4.78 is 5.68. The van der Waals surface area contributed by atoms with E-state index in [9.17, 15) is 4.79 Å². The van der Waals surface area contributed by atoms with Crippen LogP contribution in [0.1, 0.15) is 44.2 Å². The van der Waals surface area contributed by atoms with Gasteiger partial charge in [0.1, 0.15) is 5.75 Å². The van der Waals surface area contributed by atoms with Crippen molar-refractivity contribution in [2.75, 3.05) is 13.7 Å². The number of hydrogen-bond acceptors (Lipinski definition) is 3. The Labute approximate surface area is 131 Å². The van der Waals surface area contributed by atoms with Gasteiger partial charge >= 0.3 is 0 Å². The number of ether oxygens (including phenoxy) is 1. The Bertz CT molecular complexity index is 487. The predicted molar refractivity (Wildman–Crippen MR) is 84.8 cm³/mol. The van der Waals surface area contributed by atoms with Gasteiger partial charge in [0.15, 0.2) is 6.61 Å². The topological polar surface area (TPSA) is 50.4 Å². The third-order valence-corrected chi connectivity index (χ3v) is 4.19. The highest BCUT2D eigenvalue weighted by atomic mass is 35.5. The molecule has 1 aromatic rings. The van der Waals surface area contributed by atoms with Crippen LogP contribution in [0.3, 0.4) is 0 Å². The smallest absolute Gasteiger partial charge is 0.258 e. The molecule has 21 heavy (non-hydrogen) atoms. The van der Waals surface area contributed by atoms with Crippen molar-refractivity contribution in [3.63, 3.8) is 0 Å². The maximum atomic E-state index is 11.9. The normalized spacial score (nSPS) is 16.7. The molecule has 1 unspecified atom stereocenters. The van der Waals surface area contributed by atoms with Crippen molar-refractivity contribution in [1.29, 1.82) is 0 Å². The van der Waals surface area contributed by atoms with Gasteiger partial charge in [0.2, 0.25) is 0 Å². The first-order valence-corrected chi connectivity index (χ1v) is 7.87. The van der Waals surface area contributed by atoms with Crippen LogP contribution in [0.4, 0.5) is 0 Å². The molecule has 0 aliphatic heterocycles. The molecule has 1 atom stereocenters. The molecule has 0 radical (unpaired) electrons. The molecule has 1 aliphatic rings. The SMILES string of the molecule is CNC(C)c1cc(Cl)ccc1OCC(=O)NC1CCCC1. The second-order valence-corrected chi connectivity index (χ2v) is 5.97. The van der Waals surface area contributed by atoms with E-state index in [1.54, 1.807) is 6.07 Å². The second-order valence-electron chi connectivity index (χ2n) is 5.53. The average Bonchev–Trinajstić information content (AvgIpc) is 2.98. The first-order chi connectivity index (χ1) is 10.1. The van der Waals surface area contributed by atoms with Crippen LogP contribution < -0.4 is 15.4 Å². The van der Waals surface area contributed by atoms with E-state index in [4.69, 9.17) is 16.3 Å². The summed E-state index contributed by atoms with van der Waals surface area (Å²) in [6.07, 6.45) is 4.56. The molecule has 0 heterocycles. The highest BCUT2D eigenvalue weighted by Gasteiger charge is 2.18. The zero-order chi connectivity index (χ0) is 15.2. The Kier molecular flexibility index (Phi) is 5.88. The van der Waals surface area contributed by atoms with Crippen LogP contribution in [-0.4, -0.2) is 25.6 Å². The van der Waals surface area contributed by atoms with E-state index in [0.717, 1.165) is 18.4 Å². The number of carbonyl (C=O) groups is 1. The Morgan fingerprint density at radius 2 is 2.14 bits per heavy atom. The minimum Gasteiger partial charge on any atom is -0.483 e. The summed E-state index contributed by atoms with van der Waals surface area (Å²) in [5, 5.41) is 6.84. The van der Waals surface area contributed by atoms with E-state index < -0.39 is 0 Å². The third-order valence-electron chi connectivity index (χ3n) is 3.95. The van der Waals surface area contributed by atoms with Gasteiger partial charge in [-0.05, 0) is 45.0 Å². The van der Waals surface area contributed by atoms with Crippen molar-refractivity contribution in [2.45, 2.75) is 44.7 Å². The van der Waals surface area contributed by atoms with Gasteiger partial charge in [-0.2, -0.15) is 0 Å². The molecule has 0 aromatic heterocycles. The Morgan fingerprint density at radius 1 is 1.43 bits per heavy atom.